The molecule has 2 aromatic rings. The lowest BCUT2D eigenvalue weighted by Crippen LogP contribution is -2.30. The molecule has 1 saturated heterocycles. The molecule has 4 nitrogen and oxygen atoms in total. The first kappa shape index (κ1) is 11.3. The van der Waals surface area contributed by atoms with Gasteiger partial charge in [0.05, 0.1) is 17.9 Å². The number of rotatable bonds is 2. The predicted molar refractivity (Wildman–Crippen MR) is 66.6 cm³/mol. The third kappa shape index (κ3) is 2.13. The smallest absolute Gasteiger partial charge is 0.123 e. The quantitative estimate of drug-likeness (QED) is 0.881. The minimum Gasteiger partial charge on any atom is -0.317 e. The van der Waals surface area contributed by atoms with Crippen LogP contribution >= 0.6 is 0 Å². The van der Waals surface area contributed by atoms with Gasteiger partial charge in [0.2, 0.25) is 0 Å². The molecule has 0 saturated carbocycles. The highest BCUT2D eigenvalue weighted by molar-refractivity contribution is 5.58. The van der Waals surface area contributed by atoms with Crippen LogP contribution in [0, 0.1) is 5.82 Å². The minimum atomic E-state index is -0.223. The van der Waals surface area contributed by atoms with Crippen molar-refractivity contribution < 1.29 is 4.39 Å². The highest BCUT2D eigenvalue weighted by atomic mass is 19.1. The van der Waals surface area contributed by atoms with Crippen LogP contribution in [0.25, 0.3) is 11.3 Å². The molecule has 1 aromatic carbocycles. The van der Waals surface area contributed by atoms with Gasteiger partial charge in [0.25, 0.3) is 0 Å². The number of nitrogens with one attached hydrogen (secondary N) is 1. The molecule has 1 aliphatic heterocycles. The zero-order valence-electron chi connectivity index (χ0n) is 10.0. The van der Waals surface area contributed by atoms with Crippen molar-refractivity contribution in [3.05, 3.63) is 36.3 Å². The molecule has 5 heteroatoms. The Hall–Kier alpha value is -1.75. The third-order valence-electron chi connectivity index (χ3n) is 3.37. The van der Waals surface area contributed by atoms with Crippen molar-refractivity contribution in [2.75, 3.05) is 13.1 Å². The maximum absolute atomic E-state index is 12.9. The Balaban J connectivity index is 1.93. The number of benzene rings is 1. The summed E-state index contributed by atoms with van der Waals surface area (Å²) in [5.74, 6) is -0.223. The number of piperidine rings is 1. The molecule has 0 aliphatic carbocycles. The van der Waals surface area contributed by atoms with Crippen molar-refractivity contribution in [3.8, 4) is 11.3 Å². The molecule has 0 amide bonds. The Morgan fingerprint density at radius 3 is 2.61 bits per heavy atom. The Morgan fingerprint density at radius 1 is 1.17 bits per heavy atom. The first-order valence-electron chi connectivity index (χ1n) is 6.21. The van der Waals surface area contributed by atoms with E-state index >= 15 is 0 Å². The van der Waals surface area contributed by atoms with Crippen molar-refractivity contribution >= 4 is 0 Å². The van der Waals surface area contributed by atoms with Crippen LogP contribution in [0.15, 0.2) is 30.5 Å². The van der Waals surface area contributed by atoms with Gasteiger partial charge in [-0.3, -0.25) is 0 Å². The summed E-state index contributed by atoms with van der Waals surface area (Å²) in [5.41, 5.74) is 1.92. The van der Waals surface area contributed by atoms with E-state index in [-0.39, 0.29) is 5.82 Å². The maximum Gasteiger partial charge on any atom is 0.123 e. The highest BCUT2D eigenvalue weighted by Gasteiger charge is 2.19. The molecule has 0 atom stereocenters. The lowest BCUT2D eigenvalue weighted by atomic mass is 10.1. The molecule has 1 N–H and O–H groups in total. The largest absolute Gasteiger partial charge is 0.317 e. The van der Waals surface area contributed by atoms with Crippen molar-refractivity contribution in [1.29, 1.82) is 0 Å². The second-order valence-corrected chi connectivity index (χ2v) is 4.55. The number of halogens is 1. The van der Waals surface area contributed by atoms with Crippen LogP contribution in [0.3, 0.4) is 0 Å². The standard InChI is InChI=1S/C13H15FN4/c14-11-3-1-10(2-4-11)13-9-16-17-18(13)12-5-7-15-8-6-12/h1-4,9,12,15H,5-8H2. The Labute approximate surface area is 105 Å². The van der Waals surface area contributed by atoms with Crippen LogP contribution in [0.5, 0.6) is 0 Å². The van der Waals surface area contributed by atoms with Gasteiger partial charge in [-0.05, 0) is 50.2 Å². The van der Waals surface area contributed by atoms with E-state index in [1.807, 2.05) is 4.68 Å². The minimum absolute atomic E-state index is 0.223. The first-order valence-corrected chi connectivity index (χ1v) is 6.21. The average molecular weight is 246 g/mol. The van der Waals surface area contributed by atoms with Gasteiger partial charge in [-0.25, -0.2) is 9.07 Å². The lowest BCUT2D eigenvalue weighted by Gasteiger charge is -2.24. The van der Waals surface area contributed by atoms with Crippen LogP contribution in [0.4, 0.5) is 4.39 Å². The maximum atomic E-state index is 12.9. The monoisotopic (exact) mass is 246 g/mol. The van der Waals surface area contributed by atoms with Gasteiger partial charge in [-0.15, -0.1) is 5.10 Å². The van der Waals surface area contributed by atoms with Crippen LogP contribution in [0.2, 0.25) is 0 Å². The zero-order valence-corrected chi connectivity index (χ0v) is 10.0. The summed E-state index contributed by atoms with van der Waals surface area (Å²) in [4.78, 5) is 0. The molecule has 1 aliphatic rings. The molecule has 0 unspecified atom stereocenters. The molecule has 18 heavy (non-hydrogen) atoms. The predicted octanol–water partition coefficient (Wildman–Crippen LogP) is 2.01. The molecule has 2 heterocycles. The number of hydrogen-bond donors (Lipinski definition) is 1. The van der Waals surface area contributed by atoms with Crippen molar-refractivity contribution in [3.63, 3.8) is 0 Å². The molecule has 1 aromatic heterocycles. The molecule has 0 spiro atoms. The summed E-state index contributed by atoms with van der Waals surface area (Å²) in [7, 11) is 0. The normalized spacial score (nSPS) is 16.9. The van der Waals surface area contributed by atoms with E-state index < -0.39 is 0 Å². The second-order valence-electron chi connectivity index (χ2n) is 4.55. The Morgan fingerprint density at radius 2 is 1.89 bits per heavy atom. The van der Waals surface area contributed by atoms with Gasteiger partial charge in [0.1, 0.15) is 5.82 Å². The molecule has 0 bridgehead atoms. The van der Waals surface area contributed by atoms with E-state index in [4.69, 9.17) is 0 Å². The van der Waals surface area contributed by atoms with Crippen molar-refractivity contribution in [2.45, 2.75) is 18.9 Å². The van der Waals surface area contributed by atoms with E-state index in [2.05, 4.69) is 15.6 Å². The van der Waals surface area contributed by atoms with Gasteiger partial charge in [-0.1, -0.05) is 5.21 Å². The number of aromatic nitrogens is 3. The molecule has 3 rings (SSSR count). The van der Waals surface area contributed by atoms with Crippen molar-refractivity contribution in [1.82, 2.24) is 20.3 Å². The fourth-order valence-corrected chi connectivity index (χ4v) is 2.39. The number of nitrogens with zero attached hydrogens (tertiary/aromatic N) is 3. The van der Waals surface area contributed by atoms with Gasteiger partial charge in [-0.2, -0.15) is 0 Å². The SMILES string of the molecule is Fc1ccc(-c2cnnn2C2CCNCC2)cc1. The average Bonchev–Trinajstić information content (AvgIpc) is 2.90. The fraction of sp³-hybridized carbons (Fsp3) is 0.385. The Kier molecular flexibility index (Phi) is 3.06. The molecular weight excluding hydrogens is 231 g/mol. The highest BCUT2D eigenvalue weighted by Crippen LogP contribution is 2.25. The van der Waals surface area contributed by atoms with E-state index in [0.29, 0.717) is 6.04 Å². The molecular formula is C13H15FN4. The van der Waals surface area contributed by atoms with Gasteiger partial charge in [0.15, 0.2) is 0 Å². The van der Waals surface area contributed by atoms with Crippen molar-refractivity contribution in [2.24, 2.45) is 0 Å². The van der Waals surface area contributed by atoms with Crippen LogP contribution in [0.1, 0.15) is 18.9 Å². The summed E-state index contributed by atoms with van der Waals surface area (Å²) in [6.07, 6.45) is 3.85. The van der Waals surface area contributed by atoms with Crippen LogP contribution in [-0.4, -0.2) is 28.1 Å². The summed E-state index contributed by atoms with van der Waals surface area (Å²) in [6.45, 7) is 2.01. The third-order valence-corrected chi connectivity index (χ3v) is 3.37. The number of hydrogen-bond acceptors (Lipinski definition) is 3. The first-order chi connectivity index (χ1) is 8.84. The summed E-state index contributed by atoms with van der Waals surface area (Å²) >= 11 is 0. The topological polar surface area (TPSA) is 42.7 Å². The van der Waals surface area contributed by atoms with Gasteiger partial charge >= 0.3 is 0 Å². The zero-order chi connectivity index (χ0) is 12.4. The van der Waals surface area contributed by atoms with Crippen LogP contribution in [-0.2, 0) is 0 Å². The summed E-state index contributed by atoms with van der Waals surface area (Å²) < 4.78 is 14.9. The Bertz CT molecular complexity index is 514. The summed E-state index contributed by atoms with van der Waals surface area (Å²) in [5, 5.41) is 11.5. The van der Waals surface area contributed by atoms with E-state index in [1.165, 1.54) is 12.1 Å². The molecule has 1 fully saturated rings. The second kappa shape index (κ2) is 4.86. The lowest BCUT2D eigenvalue weighted by molar-refractivity contribution is 0.340. The van der Waals surface area contributed by atoms with E-state index in [1.54, 1.807) is 18.3 Å². The van der Waals surface area contributed by atoms with Crippen LogP contribution < -0.4 is 5.32 Å². The van der Waals surface area contributed by atoms with Gasteiger partial charge < -0.3 is 5.32 Å². The fourth-order valence-electron chi connectivity index (χ4n) is 2.39. The molecule has 94 valence electrons. The van der Waals surface area contributed by atoms with Gasteiger partial charge in [0, 0.05) is 5.56 Å². The molecule has 0 radical (unpaired) electrons. The van der Waals surface area contributed by atoms with E-state index in [0.717, 1.165) is 37.2 Å². The van der Waals surface area contributed by atoms with E-state index in [9.17, 15) is 4.39 Å². The summed E-state index contributed by atoms with van der Waals surface area (Å²) in [6, 6.07) is 6.86.